The number of hydrazine groups is 1. The molecule has 3 heteroatoms. The number of rotatable bonds is 3. The lowest BCUT2D eigenvalue weighted by atomic mass is 9.94. The van der Waals surface area contributed by atoms with Gasteiger partial charge in [-0.1, -0.05) is 23.8 Å². The first-order chi connectivity index (χ1) is 8.52. The molecule has 0 saturated heterocycles. The molecule has 2 rings (SSSR count). The van der Waals surface area contributed by atoms with E-state index < -0.39 is 0 Å². The van der Waals surface area contributed by atoms with Gasteiger partial charge in [0.25, 0.3) is 0 Å². The summed E-state index contributed by atoms with van der Waals surface area (Å²) in [6.45, 7) is 8.11. The highest BCUT2D eigenvalue weighted by molar-refractivity contribution is 5.40. The van der Waals surface area contributed by atoms with Crippen LogP contribution < -0.4 is 11.3 Å². The average molecular weight is 244 g/mol. The average Bonchev–Trinajstić information content (AvgIpc) is 2.64. The fraction of sp³-hybridized carbons (Fsp3) is 0.333. The van der Waals surface area contributed by atoms with Gasteiger partial charge in [0, 0.05) is 5.56 Å². The lowest BCUT2D eigenvalue weighted by Gasteiger charge is -2.18. The second-order valence-electron chi connectivity index (χ2n) is 4.83. The minimum absolute atomic E-state index is 0.0256. The predicted molar refractivity (Wildman–Crippen MR) is 73.3 cm³/mol. The molecule has 0 bridgehead atoms. The minimum atomic E-state index is -0.0256. The van der Waals surface area contributed by atoms with E-state index in [0.29, 0.717) is 0 Å². The van der Waals surface area contributed by atoms with E-state index in [0.717, 1.165) is 17.1 Å². The molecule has 2 aromatic rings. The summed E-state index contributed by atoms with van der Waals surface area (Å²) < 4.78 is 5.59. The maximum atomic E-state index is 5.74. The van der Waals surface area contributed by atoms with Gasteiger partial charge in [0.1, 0.15) is 11.5 Å². The van der Waals surface area contributed by atoms with Crippen molar-refractivity contribution in [3.63, 3.8) is 0 Å². The van der Waals surface area contributed by atoms with Crippen LogP contribution in [0.1, 0.15) is 39.8 Å². The maximum Gasteiger partial charge on any atom is 0.106 e. The number of furan rings is 1. The molecule has 0 amide bonds. The van der Waals surface area contributed by atoms with E-state index in [1.54, 1.807) is 0 Å². The molecule has 0 aliphatic carbocycles. The molecule has 18 heavy (non-hydrogen) atoms. The van der Waals surface area contributed by atoms with Crippen LogP contribution in [-0.2, 0) is 0 Å². The van der Waals surface area contributed by atoms with Crippen LogP contribution in [0.4, 0.5) is 0 Å². The second-order valence-corrected chi connectivity index (χ2v) is 4.83. The summed E-state index contributed by atoms with van der Waals surface area (Å²) in [6.07, 6.45) is 0. The molecule has 1 atom stereocenters. The summed E-state index contributed by atoms with van der Waals surface area (Å²) in [6, 6.07) is 8.42. The normalized spacial score (nSPS) is 12.7. The van der Waals surface area contributed by atoms with E-state index in [2.05, 4.69) is 37.5 Å². The second kappa shape index (κ2) is 4.96. The number of aryl methyl sites for hydroxylation is 4. The molecule has 1 aromatic heterocycles. The number of hydrogen-bond donors (Lipinski definition) is 2. The molecule has 1 heterocycles. The Morgan fingerprint density at radius 2 is 1.78 bits per heavy atom. The molecule has 0 radical (unpaired) electrons. The Labute approximate surface area is 108 Å². The molecular weight excluding hydrogens is 224 g/mol. The third-order valence-corrected chi connectivity index (χ3v) is 3.30. The van der Waals surface area contributed by atoms with Gasteiger partial charge in [-0.15, -0.1) is 0 Å². The van der Waals surface area contributed by atoms with E-state index in [1.165, 1.54) is 16.7 Å². The van der Waals surface area contributed by atoms with Gasteiger partial charge in [-0.05, 0) is 44.9 Å². The van der Waals surface area contributed by atoms with Crippen LogP contribution in [0, 0.1) is 27.7 Å². The Bertz CT molecular complexity index is 558. The molecule has 0 fully saturated rings. The van der Waals surface area contributed by atoms with Crippen molar-refractivity contribution in [1.82, 2.24) is 5.43 Å². The third-order valence-electron chi connectivity index (χ3n) is 3.30. The fourth-order valence-electron chi connectivity index (χ4n) is 2.36. The largest absolute Gasteiger partial charge is 0.466 e. The Morgan fingerprint density at radius 1 is 1.06 bits per heavy atom. The van der Waals surface area contributed by atoms with E-state index in [-0.39, 0.29) is 6.04 Å². The van der Waals surface area contributed by atoms with Crippen molar-refractivity contribution in [2.75, 3.05) is 0 Å². The van der Waals surface area contributed by atoms with Crippen LogP contribution >= 0.6 is 0 Å². The van der Waals surface area contributed by atoms with Gasteiger partial charge in [-0.2, -0.15) is 0 Å². The Hall–Kier alpha value is -1.58. The number of nitrogens with two attached hydrogens (primary N) is 1. The van der Waals surface area contributed by atoms with Crippen molar-refractivity contribution in [1.29, 1.82) is 0 Å². The Morgan fingerprint density at radius 3 is 2.33 bits per heavy atom. The highest BCUT2D eigenvalue weighted by Gasteiger charge is 2.19. The summed E-state index contributed by atoms with van der Waals surface area (Å²) >= 11 is 0. The van der Waals surface area contributed by atoms with Crippen molar-refractivity contribution in [3.8, 4) is 0 Å². The molecule has 0 aliphatic rings. The maximum absolute atomic E-state index is 5.74. The quantitative estimate of drug-likeness (QED) is 0.644. The van der Waals surface area contributed by atoms with Gasteiger partial charge in [0.15, 0.2) is 0 Å². The molecule has 1 aromatic carbocycles. The summed E-state index contributed by atoms with van der Waals surface area (Å²) in [4.78, 5) is 0. The summed E-state index contributed by atoms with van der Waals surface area (Å²) in [5.41, 5.74) is 7.65. The molecule has 0 saturated carbocycles. The van der Waals surface area contributed by atoms with Gasteiger partial charge in [-0.25, -0.2) is 5.43 Å². The van der Waals surface area contributed by atoms with E-state index in [9.17, 15) is 0 Å². The Balaban J connectivity index is 2.51. The van der Waals surface area contributed by atoms with Gasteiger partial charge in [0.05, 0.1) is 6.04 Å². The molecule has 3 N–H and O–H groups in total. The Kier molecular flexibility index (Phi) is 3.55. The molecule has 96 valence electrons. The zero-order valence-electron chi connectivity index (χ0n) is 11.4. The summed E-state index contributed by atoms with van der Waals surface area (Å²) in [5, 5.41) is 0. The molecule has 0 spiro atoms. The predicted octanol–water partition coefficient (Wildman–Crippen LogP) is 3.07. The van der Waals surface area contributed by atoms with Crippen LogP contribution in [0.15, 0.2) is 28.7 Å². The van der Waals surface area contributed by atoms with Gasteiger partial charge in [-0.3, -0.25) is 5.84 Å². The van der Waals surface area contributed by atoms with Crippen LogP contribution in [-0.4, -0.2) is 0 Å². The van der Waals surface area contributed by atoms with Crippen molar-refractivity contribution in [2.45, 2.75) is 33.7 Å². The van der Waals surface area contributed by atoms with Gasteiger partial charge < -0.3 is 4.42 Å². The van der Waals surface area contributed by atoms with Crippen LogP contribution in [0.5, 0.6) is 0 Å². The number of benzene rings is 1. The van der Waals surface area contributed by atoms with E-state index >= 15 is 0 Å². The minimum Gasteiger partial charge on any atom is -0.466 e. The van der Waals surface area contributed by atoms with E-state index in [1.807, 2.05) is 19.9 Å². The number of nitrogens with one attached hydrogen (secondary N) is 1. The smallest absolute Gasteiger partial charge is 0.106 e. The van der Waals surface area contributed by atoms with Crippen molar-refractivity contribution >= 4 is 0 Å². The molecule has 1 unspecified atom stereocenters. The SMILES string of the molecule is Cc1ccc(C)c(C(NN)c2cc(C)oc2C)c1. The van der Waals surface area contributed by atoms with E-state index in [4.69, 9.17) is 10.3 Å². The van der Waals surface area contributed by atoms with Crippen LogP contribution in [0.2, 0.25) is 0 Å². The van der Waals surface area contributed by atoms with Crippen LogP contribution in [0.3, 0.4) is 0 Å². The first-order valence-electron chi connectivity index (χ1n) is 6.13. The lowest BCUT2D eigenvalue weighted by Crippen LogP contribution is -2.29. The zero-order valence-corrected chi connectivity index (χ0v) is 11.4. The van der Waals surface area contributed by atoms with Crippen molar-refractivity contribution < 1.29 is 4.42 Å². The molecular formula is C15H20N2O. The topological polar surface area (TPSA) is 51.2 Å². The zero-order chi connectivity index (χ0) is 13.3. The van der Waals surface area contributed by atoms with Crippen molar-refractivity contribution in [3.05, 3.63) is 58.0 Å². The fourth-order valence-corrected chi connectivity index (χ4v) is 2.36. The monoisotopic (exact) mass is 244 g/mol. The highest BCUT2D eigenvalue weighted by atomic mass is 16.3. The highest BCUT2D eigenvalue weighted by Crippen LogP contribution is 2.29. The first kappa shape index (κ1) is 12.9. The molecule has 0 aliphatic heterocycles. The van der Waals surface area contributed by atoms with Gasteiger partial charge >= 0.3 is 0 Å². The third kappa shape index (κ3) is 2.33. The first-order valence-corrected chi connectivity index (χ1v) is 6.13. The summed E-state index contributed by atoms with van der Waals surface area (Å²) in [5.74, 6) is 7.57. The molecule has 3 nitrogen and oxygen atoms in total. The number of hydrogen-bond acceptors (Lipinski definition) is 3. The summed E-state index contributed by atoms with van der Waals surface area (Å²) in [7, 11) is 0. The standard InChI is InChI=1S/C15H20N2O/c1-9-5-6-10(2)13(7-9)15(17-16)14-8-11(3)18-12(14)4/h5-8,15,17H,16H2,1-4H3. The van der Waals surface area contributed by atoms with Crippen molar-refractivity contribution in [2.24, 2.45) is 5.84 Å². The van der Waals surface area contributed by atoms with Gasteiger partial charge in [0.2, 0.25) is 0 Å². The van der Waals surface area contributed by atoms with Crippen LogP contribution in [0.25, 0.3) is 0 Å². The lowest BCUT2D eigenvalue weighted by molar-refractivity contribution is 0.495.